The number of hydrogen-bond donors (Lipinski definition) is 1. The molecule has 0 unspecified atom stereocenters. The van der Waals surface area contributed by atoms with E-state index in [2.05, 4.69) is 11.4 Å². The summed E-state index contributed by atoms with van der Waals surface area (Å²) in [6.45, 7) is 0.748. The number of para-hydroxylation sites is 1. The van der Waals surface area contributed by atoms with Crippen LogP contribution in [0.2, 0.25) is 5.02 Å². The lowest BCUT2D eigenvalue weighted by molar-refractivity contribution is 0.174. The quantitative estimate of drug-likeness (QED) is 0.937. The van der Waals surface area contributed by atoms with Crippen molar-refractivity contribution in [2.45, 2.75) is 6.54 Å². The van der Waals surface area contributed by atoms with Crippen LogP contribution in [0.15, 0.2) is 36.4 Å². The van der Waals surface area contributed by atoms with E-state index in [1.807, 2.05) is 30.3 Å². The summed E-state index contributed by atoms with van der Waals surface area (Å²) < 4.78 is 10.6. The summed E-state index contributed by atoms with van der Waals surface area (Å²) in [4.78, 5) is 0. The number of nitriles is 1. The van der Waals surface area contributed by atoms with Crippen LogP contribution < -0.4 is 14.8 Å². The second-order valence-corrected chi connectivity index (χ2v) is 4.73. The van der Waals surface area contributed by atoms with Crippen molar-refractivity contribution in [1.29, 1.82) is 5.26 Å². The molecular weight excluding hydrogens is 276 g/mol. The average molecular weight is 287 g/mol. The van der Waals surface area contributed by atoms with Crippen molar-refractivity contribution in [3.05, 3.63) is 52.5 Å². The number of halogens is 1. The van der Waals surface area contributed by atoms with Crippen molar-refractivity contribution in [3.63, 3.8) is 0 Å². The summed E-state index contributed by atoms with van der Waals surface area (Å²) in [5.74, 6) is 1.25. The molecule has 100 valence electrons. The first-order valence-corrected chi connectivity index (χ1v) is 6.47. The Morgan fingerprint density at radius 2 is 2.10 bits per heavy atom. The largest absolute Gasteiger partial charge is 0.454 e. The molecule has 4 nitrogen and oxygen atoms in total. The van der Waals surface area contributed by atoms with Crippen LogP contribution >= 0.6 is 11.6 Å². The maximum atomic E-state index is 9.04. The monoisotopic (exact) mass is 286 g/mol. The van der Waals surface area contributed by atoms with E-state index in [4.69, 9.17) is 26.3 Å². The van der Waals surface area contributed by atoms with Crippen molar-refractivity contribution in [1.82, 2.24) is 0 Å². The third-order valence-corrected chi connectivity index (χ3v) is 3.30. The van der Waals surface area contributed by atoms with Gasteiger partial charge in [-0.2, -0.15) is 5.26 Å². The van der Waals surface area contributed by atoms with E-state index in [0.29, 0.717) is 28.6 Å². The van der Waals surface area contributed by atoms with E-state index in [1.165, 1.54) is 0 Å². The number of rotatable bonds is 3. The van der Waals surface area contributed by atoms with Crippen LogP contribution in [-0.2, 0) is 6.54 Å². The second-order valence-electron chi connectivity index (χ2n) is 4.32. The summed E-state index contributed by atoms with van der Waals surface area (Å²) in [6, 6.07) is 13.2. The van der Waals surface area contributed by atoms with E-state index >= 15 is 0 Å². The Labute approximate surface area is 121 Å². The molecule has 0 aliphatic carbocycles. The Balaban J connectivity index is 1.79. The summed E-state index contributed by atoms with van der Waals surface area (Å²) in [5, 5.41) is 12.8. The zero-order valence-corrected chi connectivity index (χ0v) is 11.3. The molecule has 1 N–H and O–H groups in total. The Kier molecular flexibility index (Phi) is 3.36. The minimum Gasteiger partial charge on any atom is -0.454 e. The van der Waals surface area contributed by atoms with Crippen LogP contribution in [0.3, 0.4) is 0 Å². The Morgan fingerprint density at radius 3 is 2.95 bits per heavy atom. The molecule has 0 spiro atoms. The first kappa shape index (κ1) is 12.6. The van der Waals surface area contributed by atoms with Crippen molar-refractivity contribution in [3.8, 4) is 17.6 Å². The zero-order valence-electron chi connectivity index (χ0n) is 10.5. The van der Waals surface area contributed by atoms with Gasteiger partial charge in [-0.1, -0.05) is 23.7 Å². The molecule has 1 aliphatic heterocycles. The third-order valence-electron chi connectivity index (χ3n) is 3.02. The van der Waals surface area contributed by atoms with Gasteiger partial charge in [0.05, 0.1) is 16.3 Å². The van der Waals surface area contributed by atoms with Gasteiger partial charge in [-0.25, -0.2) is 0 Å². The molecule has 0 atom stereocenters. The molecule has 2 aromatic carbocycles. The summed E-state index contributed by atoms with van der Waals surface area (Å²) >= 11 is 6.13. The van der Waals surface area contributed by atoms with Crippen LogP contribution in [0.25, 0.3) is 0 Å². The third kappa shape index (κ3) is 2.36. The first-order valence-electron chi connectivity index (χ1n) is 6.09. The number of hydrogen-bond acceptors (Lipinski definition) is 4. The fourth-order valence-corrected chi connectivity index (χ4v) is 2.34. The predicted octanol–water partition coefficient (Wildman–Crippen LogP) is 3.55. The van der Waals surface area contributed by atoms with Crippen molar-refractivity contribution < 1.29 is 9.47 Å². The molecule has 0 saturated carbocycles. The molecule has 3 rings (SSSR count). The fraction of sp³-hybridized carbons (Fsp3) is 0.133. The Morgan fingerprint density at radius 1 is 1.25 bits per heavy atom. The molecule has 2 aromatic rings. The minimum absolute atomic E-state index is 0.198. The molecule has 0 fully saturated rings. The maximum absolute atomic E-state index is 9.04. The van der Waals surface area contributed by atoms with Crippen LogP contribution in [-0.4, -0.2) is 6.79 Å². The van der Waals surface area contributed by atoms with Gasteiger partial charge in [-0.15, -0.1) is 0 Å². The highest BCUT2D eigenvalue weighted by molar-refractivity contribution is 6.32. The smallest absolute Gasteiger partial charge is 0.231 e. The molecule has 0 radical (unpaired) electrons. The zero-order chi connectivity index (χ0) is 13.9. The van der Waals surface area contributed by atoms with Crippen molar-refractivity contribution >= 4 is 17.3 Å². The minimum atomic E-state index is 0.198. The molecule has 5 heteroatoms. The number of benzene rings is 2. The topological polar surface area (TPSA) is 54.3 Å². The van der Waals surface area contributed by atoms with Crippen LogP contribution in [0.1, 0.15) is 11.1 Å². The number of fused-ring (bicyclic) bond motifs is 1. The van der Waals surface area contributed by atoms with Gasteiger partial charge in [0.1, 0.15) is 6.07 Å². The van der Waals surface area contributed by atoms with Crippen LogP contribution in [0, 0.1) is 11.3 Å². The highest BCUT2D eigenvalue weighted by atomic mass is 35.5. The van der Waals surface area contributed by atoms with Gasteiger partial charge in [0.25, 0.3) is 0 Å². The standard InChI is InChI=1S/C15H11ClN2O2/c16-12-5-10(6-14-15(12)20-9-19-14)8-18-13-4-2-1-3-11(13)7-17/h1-6,18H,8-9H2. The maximum Gasteiger partial charge on any atom is 0.231 e. The van der Waals surface area contributed by atoms with E-state index in [9.17, 15) is 0 Å². The van der Waals surface area contributed by atoms with Gasteiger partial charge in [-0.05, 0) is 29.8 Å². The van der Waals surface area contributed by atoms with Gasteiger partial charge >= 0.3 is 0 Å². The Hall–Kier alpha value is -2.38. The SMILES string of the molecule is N#Cc1ccccc1NCc1cc(Cl)c2c(c1)OCO2. The Bertz CT molecular complexity index is 695. The molecule has 20 heavy (non-hydrogen) atoms. The van der Waals surface area contributed by atoms with E-state index in [-0.39, 0.29) is 6.79 Å². The molecule has 0 bridgehead atoms. The molecule has 0 amide bonds. The number of nitrogens with zero attached hydrogens (tertiary/aromatic N) is 1. The second kappa shape index (κ2) is 5.32. The van der Waals surface area contributed by atoms with Crippen LogP contribution in [0.5, 0.6) is 11.5 Å². The van der Waals surface area contributed by atoms with Gasteiger partial charge in [0.15, 0.2) is 11.5 Å². The lowest BCUT2D eigenvalue weighted by Crippen LogP contribution is -2.01. The lowest BCUT2D eigenvalue weighted by Gasteiger charge is -2.09. The first-order chi connectivity index (χ1) is 9.78. The van der Waals surface area contributed by atoms with Crippen molar-refractivity contribution in [2.24, 2.45) is 0 Å². The normalized spacial score (nSPS) is 12.0. The summed E-state index contributed by atoms with van der Waals surface area (Å²) in [5.41, 5.74) is 2.37. The van der Waals surface area contributed by atoms with E-state index in [1.54, 1.807) is 6.07 Å². The fourth-order valence-electron chi connectivity index (χ4n) is 2.05. The molecule has 1 aliphatic rings. The molecule has 1 heterocycles. The highest BCUT2D eigenvalue weighted by Crippen LogP contribution is 2.39. The number of ether oxygens (including phenoxy) is 2. The van der Waals surface area contributed by atoms with Gasteiger partial charge in [0, 0.05) is 6.54 Å². The molecule has 0 aromatic heterocycles. The average Bonchev–Trinajstić information content (AvgIpc) is 2.94. The van der Waals surface area contributed by atoms with Gasteiger partial charge in [-0.3, -0.25) is 0 Å². The number of nitrogens with one attached hydrogen (secondary N) is 1. The van der Waals surface area contributed by atoms with Gasteiger partial charge < -0.3 is 14.8 Å². The number of anilines is 1. The lowest BCUT2D eigenvalue weighted by atomic mass is 10.1. The van der Waals surface area contributed by atoms with Gasteiger partial charge in [0.2, 0.25) is 6.79 Å². The summed E-state index contributed by atoms with van der Waals surface area (Å²) in [6.07, 6.45) is 0. The van der Waals surface area contributed by atoms with E-state index < -0.39 is 0 Å². The predicted molar refractivity (Wildman–Crippen MR) is 76.1 cm³/mol. The molecular formula is C15H11ClN2O2. The van der Waals surface area contributed by atoms with Crippen molar-refractivity contribution in [2.75, 3.05) is 12.1 Å². The highest BCUT2D eigenvalue weighted by Gasteiger charge is 2.18. The molecule has 0 saturated heterocycles. The van der Waals surface area contributed by atoms with E-state index in [0.717, 1.165) is 11.3 Å². The van der Waals surface area contributed by atoms with Crippen LogP contribution in [0.4, 0.5) is 5.69 Å². The summed E-state index contributed by atoms with van der Waals surface area (Å²) in [7, 11) is 0.